The van der Waals surface area contributed by atoms with Gasteiger partial charge in [0.1, 0.15) is 5.75 Å². The summed E-state index contributed by atoms with van der Waals surface area (Å²) in [6.45, 7) is 2.26. The topological polar surface area (TPSA) is 26.2 Å². The van der Waals surface area contributed by atoms with E-state index in [0.29, 0.717) is 5.92 Å². The highest BCUT2D eigenvalue weighted by Gasteiger charge is 2.20. The van der Waals surface area contributed by atoms with Crippen LogP contribution in [0.25, 0.3) is 10.9 Å². The lowest BCUT2D eigenvalue weighted by Crippen LogP contribution is -2.26. The van der Waals surface area contributed by atoms with Crippen molar-refractivity contribution in [2.24, 2.45) is 7.05 Å². The summed E-state index contributed by atoms with van der Waals surface area (Å²) >= 11 is 0. The maximum absolute atomic E-state index is 5.48. The van der Waals surface area contributed by atoms with E-state index in [1.165, 1.54) is 29.3 Å². The van der Waals surface area contributed by atoms with Gasteiger partial charge in [0.2, 0.25) is 0 Å². The van der Waals surface area contributed by atoms with Gasteiger partial charge in [0.25, 0.3) is 0 Å². The van der Waals surface area contributed by atoms with Crippen molar-refractivity contribution in [3.05, 3.63) is 30.0 Å². The molecule has 3 nitrogen and oxygen atoms in total. The molecular formula is C15H20N2O. The van der Waals surface area contributed by atoms with Crippen LogP contribution in [0.15, 0.2) is 24.4 Å². The minimum atomic E-state index is 0.682. The first kappa shape index (κ1) is 11.6. The number of benzene rings is 1. The molecule has 1 fully saturated rings. The molecule has 1 aromatic carbocycles. The summed E-state index contributed by atoms with van der Waals surface area (Å²) < 4.78 is 7.68. The Morgan fingerprint density at radius 3 is 2.78 bits per heavy atom. The van der Waals surface area contributed by atoms with Gasteiger partial charge in [-0.3, -0.25) is 0 Å². The van der Waals surface area contributed by atoms with Gasteiger partial charge in [-0.1, -0.05) is 12.1 Å². The average molecular weight is 244 g/mol. The minimum Gasteiger partial charge on any atom is -0.495 e. The molecule has 0 spiro atoms. The number of hydrogen-bond donors (Lipinski definition) is 1. The number of aryl methyl sites for hydroxylation is 1. The normalized spacial score (nSPS) is 17.2. The standard InChI is InChI=1S/C15H20N2O/c1-17-10-13(11-6-8-16-9-7-11)12-4-3-5-14(18-2)15(12)17/h3-5,10-11,16H,6-9H2,1-2H3. The van der Waals surface area contributed by atoms with Gasteiger partial charge in [0, 0.05) is 18.6 Å². The number of fused-ring (bicyclic) bond motifs is 1. The molecule has 3 rings (SSSR count). The van der Waals surface area contributed by atoms with Crippen molar-refractivity contribution in [2.45, 2.75) is 18.8 Å². The number of aromatic nitrogens is 1. The van der Waals surface area contributed by atoms with E-state index in [1.807, 2.05) is 6.07 Å². The van der Waals surface area contributed by atoms with E-state index in [4.69, 9.17) is 4.74 Å². The van der Waals surface area contributed by atoms with Crippen LogP contribution in [-0.4, -0.2) is 24.8 Å². The largest absolute Gasteiger partial charge is 0.495 e. The smallest absolute Gasteiger partial charge is 0.143 e. The summed E-state index contributed by atoms with van der Waals surface area (Å²) in [6.07, 6.45) is 4.75. The summed E-state index contributed by atoms with van der Waals surface area (Å²) in [6, 6.07) is 6.34. The summed E-state index contributed by atoms with van der Waals surface area (Å²) in [5.74, 6) is 1.65. The molecule has 18 heavy (non-hydrogen) atoms. The summed E-state index contributed by atoms with van der Waals surface area (Å²) in [5, 5.41) is 4.78. The maximum Gasteiger partial charge on any atom is 0.143 e. The summed E-state index contributed by atoms with van der Waals surface area (Å²) in [4.78, 5) is 0. The third-order valence-corrected chi connectivity index (χ3v) is 3.99. The minimum absolute atomic E-state index is 0.682. The van der Waals surface area contributed by atoms with E-state index in [1.54, 1.807) is 7.11 Å². The Kier molecular flexibility index (Phi) is 3.00. The van der Waals surface area contributed by atoms with Crippen LogP contribution in [-0.2, 0) is 7.05 Å². The van der Waals surface area contributed by atoms with E-state index in [-0.39, 0.29) is 0 Å². The zero-order valence-corrected chi connectivity index (χ0v) is 11.1. The molecule has 1 aromatic heterocycles. The molecular weight excluding hydrogens is 224 g/mol. The zero-order valence-electron chi connectivity index (χ0n) is 11.1. The van der Waals surface area contributed by atoms with Gasteiger partial charge in [-0.2, -0.15) is 0 Å². The molecule has 1 aliphatic rings. The molecule has 96 valence electrons. The van der Waals surface area contributed by atoms with Crippen LogP contribution in [0.3, 0.4) is 0 Å². The van der Waals surface area contributed by atoms with Crippen LogP contribution in [0.5, 0.6) is 5.75 Å². The van der Waals surface area contributed by atoms with Crippen LogP contribution < -0.4 is 10.1 Å². The molecule has 0 bridgehead atoms. The number of methoxy groups -OCH3 is 1. The Labute approximate surface area is 108 Å². The van der Waals surface area contributed by atoms with Gasteiger partial charge in [-0.15, -0.1) is 0 Å². The van der Waals surface area contributed by atoms with Crippen LogP contribution >= 0.6 is 0 Å². The number of rotatable bonds is 2. The average Bonchev–Trinajstić information content (AvgIpc) is 2.77. The molecule has 3 heteroatoms. The number of nitrogens with one attached hydrogen (secondary N) is 1. The van der Waals surface area contributed by atoms with E-state index < -0.39 is 0 Å². The molecule has 1 saturated heterocycles. The monoisotopic (exact) mass is 244 g/mol. The number of hydrogen-bond acceptors (Lipinski definition) is 2. The van der Waals surface area contributed by atoms with Gasteiger partial charge in [-0.25, -0.2) is 0 Å². The van der Waals surface area contributed by atoms with E-state index in [0.717, 1.165) is 18.8 Å². The molecule has 2 heterocycles. The maximum atomic E-state index is 5.48. The molecule has 0 radical (unpaired) electrons. The summed E-state index contributed by atoms with van der Waals surface area (Å²) in [7, 11) is 3.85. The third kappa shape index (κ3) is 1.79. The summed E-state index contributed by atoms with van der Waals surface area (Å²) in [5.41, 5.74) is 2.70. The number of nitrogens with zero attached hydrogens (tertiary/aromatic N) is 1. The molecule has 0 atom stereocenters. The van der Waals surface area contributed by atoms with Crippen molar-refractivity contribution in [3.8, 4) is 5.75 Å². The number of para-hydroxylation sites is 1. The predicted molar refractivity (Wildman–Crippen MR) is 74.3 cm³/mol. The zero-order chi connectivity index (χ0) is 12.5. The first-order chi connectivity index (χ1) is 8.81. The fourth-order valence-corrected chi connectivity index (χ4v) is 3.08. The Bertz CT molecular complexity index is 553. The first-order valence-corrected chi connectivity index (χ1v) is 6.64. The van der Waals surface area contributed by atoms with Crippen LogP contribution in [0.1, 0.15) is 24.3 Å². The highest BCUT2D eigenvalue weighted by Crippen LogP contribution is 2.36. The quantitative estimate of drug-likeness (QED) is 0.879. The Morgan fingerprint density at radius 1 is 1.28 bits per heavy atom. The van der Waals surface area contributed by atoms with Crippen molar-refractivity contribution >= 4 is 10.9 Å². The number of ether oxygens (including phenoxy) is 1. The van der Waals surface area contributed by atoms with Gasteiger partial charge in [0.15, 0.2) is 0 Å². The first-order valence-electron chi connectivity index (χ1n) is 6.64. The molecule has 0 saturated carbocycles. The lowest BCUT2D eigenvalue weighted by Gasteiger charge is -2.22. The Morgan fingerprint density at radius 2 is 2.06 bits per heavy atom. The molecule has 1 aliphatic heterocycles. The second kappa shape index (κ2) is 4.65. The molecule has 0 aliphatic carbocycles. The van der Waals surface area contributed by atoms with Crippen molar-refractivity contribution in [2.75, 3.05) is 20.2 Å². The number of piperidine rings is 1. The fraction of sp³-hybridized carbons (Fsp3) is 0.467. The second-order valence-electron chi connectivity index (χ2n) is 5.08. The highest BCUT2D eigenvalue weighted by atomic mass is 16.5. The van der Waals surface area contributed by atoms with Crippen molar-refractivity contribution in [3.63, 3.8) is 0 Å². The lowest BCUT2D eigenvalue weighted by molar-refractivity contribution is 0.418. The van der Waals surface area contributed by atoms with Gasteiger partial charge in [0.05, 0.1) is 12.6 Å². The third-order valence-electron chi connectivity index (χ3n) is 3.99. The van der Waals surface area contributed by atoms with Crippen molar-refractivity contribution in [1.29, 1.82) is 0 Å². The van der Waals surface area contributed by atoms with Gasteiger partial charge in [-0.05, 0) is 43.5 Å². The van der Waals surface area contributed by atoms with E-state index in [9.17, 15) is 0 Å². The molecule has 0 amide bonds. The second-order valence-corrected chi connectivity index (χ2v) is 5.08. The van der Waals surface area contributed by atoms with Crippen LogP contribution in [0.2, 0.25) is 0 Å². The Hall–Kier alpha value is -1.48. The van der Waals surface area contributed by atoms with E-state index >= 15 is 0 Å². The van der Waals surface area contributed by atoms with Crippen molar-refractivity contribution in [1.82, 2.24) is 9.88 Å². The highest BCUT2D eigenvalue weighted by molar-refractivity contribution is 5.89. The van der Waals surface area contributed by atoms with E-state index in [2.05, 4.69) is 35.3 Å². The Balaban J connectivity index is 2.12. The van der Waals surface area contributed by atoms with Crippen molar-refractivity contribution < 1.29 is 4.74 Å². The predicted octanol–water partition coefficient (Wildman–Crippen LogP) is 2.65. The van der Waals surface area contributed by atoms with Crippen LogP contribution in [0, 0.1) is 0 Å². The van der Waals surface area contributed by atoms with Crippen LogP contribution in [0.4, 0.5) is 0 Å². The molecule has 0 unspecified atom stereocenters. The lowest BCUT2D eigenvalue weighted by atomic mass is 9.90. The molecule has 1 N–H and O–H groups in total. The molecule has 2 aromatic rings. The van der Waals surface area contributed by atoms with Gasteiger partial charge < -0.3 is 14.6 Å². The fourth-order valence-electron chi connectivity index (χ4n) is 3.08. The van der Waals surface area contributed by atoms with Gasteiger partial charge >= 0.3 is 0 Å². The SMILES string of the molecule is COc1cccc2c(C3CCNCC3)cn(C)c12.